The first-order chi connectivity index (χ1) is 8.29. The fraction of sp³-hybridized carbons (Fsp3) is 0.500. The van der Waals surface area contributed by atoms with E-state index in [9.17, 15) is 4.79 Å². The number of carbonyl (C=O) groups is 1. The van der Waals surface area contributed by atoms with Crippen molar-refractivity contribution in [3.8, 4) is 0 Å². The summed E-state index contributed by atoms with van der Waals surface area (Å²) in [6.07, 6.45) is 3.98. The van der Waals surface area contributed by atoms with E-state index in [1.165, 1.54) is 37.9 Å². The number of Topliss-reactive ketones (excluding diaryl/α,β-unsaturated/α-hetero) is 1. The minimum absolute atomic E-state index is 0.00882. The van der Waals surface area contributed by atoms with Crippen LogP contribution < -0.4 is 5.73 Å². The summed E-state index contributed by atoms with van der Waals surface area (Å²) >= 11 is 0. The van der Waals surface area contributed by atoms with Crippen LogP contribution in [0.5, 0.6) is 0 Å². The second-order valence-corrected chi connectivity index (χ2v) is 4.66. The van der Waals surface area contributed by atoms with E-state index in [0.717, 1.165) is 12.1 Å². The molecule has 1 aliphatic heterocycles. The Morgan fingerprint density at radius 3 is 2.35 bits per heavy atom. The number of likely N-dealkylation sites (tertiary alicyclic amines) is 1. The Hall–Kier alpha value is -1.19. The molecule has 1 fully saturated rings. The number of hydrogen-bond acceptors (Lipinski definition) is 3. The number of carbonyl (C=O) groups excluding carboxylic acids is 1. The number of piperidine rings is 1. The topological polar surface area (TPSA) is 46.3 Å². The van der Waals surface area contributed by atoms with Crippen LogP contribution in [0.15, 0.2) is 24.3 Å². The summed E-state index contributed by atoms with van der Waals surface area (Å²) in [4.78, 5) is 13.9. The Balaban J connectivity index is 1.95. The van der Waals surface area contributed by atoms with Gasteiger partial charge >= 0.3 is 0 Å². The summed E-state index contributed by atoms with van der Waals surface area (Å²) in [5.74, 6) is 0.00882. The lowest BCUT2D eigenvalue weighted by Gasteiger charge is -2.26. The largest absolute Gasteiger partial charge is 0.324 e. The van der Waals surface area contributed by atoms with Crippen LogP contribution in [0.1, 0.15) is 35.2 Å². The molecule has 0 radical (unpaired) electrons. The standard InChI is InChI=1S/C14H20N2O/c15-10-14(17)13-6-4-12(5-7-13)11-16-8-2-1-3-9-16/h4-7H,1-3,8-11,15H2. The Labute approximate surface area is 103 Å². The summed E-state index contributed by atoms with van der Waals surface area (Å²) in [7, 11) is 0. The lowest BCUT2D eigenvalue weighted by atomic mass is 10.1. The Morgan fingerprint density at radius 2 is 1.76 bits per heavy atom. The van der Waals surface area contributed by atoms with E-state index in [0.29, 0.717) is 0 Å². The van der Waals surface area contributed by atoms with Crippen LogP contribution in [-0.4, -0.2) is 30.3 Å². The molecular formula is C14H20N2O. The molecule has 2 rings (SSSR count). The molecule has 17 heavy (non-hydrogen) atoms. The third-order valence-electron chi connectivity index (χ3n) is 3.32. The lowest BCUT2D eigenvalue weighted by molar-refractivity contribution is 0.100. The first kappa shape index (κ1) is 12.3. The molecule has 3 nitrogen and oxygen atoms in total. The van der Waals surface area contributed by atoms with Gasteiger partial charge in [0.05, 0.1) is 6.54 Å². The molecule has 0 unspecified atom stereocenters. The van der Waals surface area contributed by atoms with Crippen molar-refractivity contribution in [3.63, 3.8) is 0 Å². The molecule has 0 bridgehead atoms. The monoisotopic (exact) mass is 232 g/mol. The van der Waals surface area contributed by atoms with Crippen LogP contribution in [0.3, 0.4) is 0 Å². The maximum absolute atomic E-state index is 11.4. The number of ketones is 1. The third-order valence-corrected chi connectivity index (χ3v) is 3.32. The molecular weight excluding hydrogens is 212 g/mol. The lowest BCUT2D eigenvalue weighted by Crippen LogP contribution is -2.29. The van der Waals surface area contributed by atoms with Gasteiger partial charge < -0.3 is 5.73 Å². The molecule has 1 aromatic carbocycles. The minimum Gasteiger partial charge on any atom is -0.324 e. The number of rotatable bonds is 4. The fourth-order valence-corrected chi connectivity index (χ4v) is 2.29. The van der Waals surface area contributed by atoms with Gasteiger partial charge in [-0.05, 0) is 31.5 Å². The number of nitrogens with two attached hydrogens (primary N) is 1. The van der Waals surface area contributed by atoms with Crippen LogP contribution >= 0.6 is 0 Å². The maximum atomic E-state index is 11.4. The van der Waals surface area contributed by atoms with Crippen LogP contribution in [0, 0.1) is 0 Å². The maximum Gasteiger partial charge on any atom is 0.176 e. The molecule has 0 amide bonds. The zero-order valence-electron chi connectivity index (χ0n) is 10.2. The molecule has 0 aromatic heterocycles. The highest BCUT2D eigenvalue weighted by atomic mass is 16.1. The minimum atomic E-state index is 0.00882. The average Bonchev–Trinajstić information content (AvgIpc) is 2.40. The van der Waals surface area contributed by atoms with E-state index in [-0.39, 0.29) is 12.3 Å². The van der Waals surface area contributed by atoms with Crippen molar-refractivity contribution in [2.75, 3.05) is 19.6 Å². The van der Waals surface area contributed by atoms with Crippen molar-refractivity contribution < 1.29 is 4.79 Å². The fourth-order valence-electron chi connectivity index (χ4n) is 2.29. The molecule has 0 aliphatic carbocycles. The quantitative estimate of drug-likeness (QED) is 0.805. The summed E-state index contributed by atoms with van der Waals surface area (Å²) in [6, 6.07) is 7.85. The van der Waals surface area contributed by atoms with Gasteiger partial charge in [0.15, 0.2) is 5.78 Å². The molecule has 1 aromatic rings. The SMILES string of the molecule is NCC(=O)c1ccc(CN2CCCCC2)cc1. The van der Waals surface area contributed by atoms with Crippen molar-refractivity contribution in [2.45, 2.75) is 25.8 Å². The second kappa shape index (κ2) is 5.94. The van der Waals surface area contributed by atoms with Crippen molar-refractivity contribution in [3.05, 3.63) is 35.4 Å². The highest BCUT2D eigenvalue weighted by Gasteiger charge is 2.10. The van der Waals surface area contributed by atoms with Crippen molar-refractivity contribution in [1.82, 2.24) is 4.90 Å². The van der Waals surface area contributed by atoms with Crippen molar-refractivity contribution in [1.29, 1.82) is 0 Å². The van der Waals surface area contributed by atoms with Gasteiger partial charge in [0, 0.05) is 12.1 Å². The predicted octanol–water partition coefficient (Wildman–Crippen LogP) is 1.81. The zero-order chi connectivity index (χ0) is 12.1. The average molecular weight is 232 g/mol. The van der Waals surface area contributed by atoms with E-state index in [4.69, 9.17) is 5.73 Å². The Kier molecular flexibility index (Phi) is 4.29. The van der Waals surface area contributed by atoms with Crippen molar-refractivity contribution >= 4 is 5.78 Å². The van der Waals surface area contributed by atoms with E-state index < -0.39 is 0 Å². The predicted molar refractivity (Wildman–Crippen MR) is 69.0 cm³/mol. The zero-order valence-corrected chi connectivity index (χ0v) is 10.2. The van der Waals surface area contributed by atoms with Gasteiger partial charge in [-0.3, -0.25) is 9.69 Å². The van der Waals surface area contributed by atoms with E-state index >= 15 is 0 Å². The molecule has 1 saturated heterocycles. The summed E-state index contributed by atoms with van der Waals surface area (Å²) in [5, 5.41) is 0. The van der Waals surface area contributed by atoms with Gasteiger partial charge in [-0.15, -0.1) is 0 Å². The Morgan fingerprint density at radius 1 is 1.12 bits per heavy atom. The highest BCUT2D eigenvalue weighted by Crippen LogP contribution is 2.13. The number of benzene rings is 1. The van der Waals surface area contributed by atoms with Gasteiger partial charge in [-0.25, -0.2) is 0 Å². The highest BCUT2D eigenvalue weighted by molar-refractivity contribution is 5.97. The number of nitrogens with zero attached hydrogens (tertiary/aromatic N) is 1. The van der Waals surface area contributed by atoms with Crippen LogP contribution in [0.4, 0.5) is 0 Å². The van der Waals surface area contributed by atoms with Crippen molar-refractivity contribution in [2.24, 2.45) is 5.73 Å². The van der Waals surface area contributed by atoms with E-state index in [2.05, 4.69) is 4.90 Å². The Bertz CT molecular complexity index is 366. The van der Waals surface area contributed by atoms with Gasteiger partial charge in [-0.1, -0.05) is 30.7 Å². The van der Waals surface area contributed by atoms with E-state index in [1.54, 1.807) is 0 Å². The van der Waals surface area contributed by atoms with Gasteiger partial charge in [0.25, 0.3) is 0 Å². The first-order valence-corrected chi connectivity index (χ1v) is 6.34. The van der Waals surface area contributed by atoms with Crippen LogP contribution in [-0.2, 0) is 6.54 Å². The first-order valence-electron chi connectivity index (χ1n) is 6.34. The third kappa shape index (κ3) is 3.38. The summed E-state index contributed by atoms with van der Waals surface area (Å²) in [6.45, 7) is 3.48. The molecule has 2 N–H and O–H groups in total. The van der Waals surface area contributed by atoms with Crippen LogP contribution in [0.25, 0.3) is 0 Å². The molecule has 3 heteroatoms. The summed E-state index contributed by atoms with van der Waals surface area (Å²) < 4.78 is 0. The molecule has 0 saturated carbocycles. The second-order valence-electron chi connectivity index (χ2n) is 4.66. The molecule has 0 atom stereocenters. The normalized spacial score (nSPS) is 17.0. The van der Waals surface area contributed by atoms with Gasteiger partial charge in [-0.2, -0.15) is 0 Å². The molecule has 0 spiro atoms. The smallest absolute Gasteiger partial charge is 0.176 e. The van der Waals surface area contributed by atoms with Gasteiger partial charge in [0.2, 0.25) is 0 Å². The molecule has 92 valence electrons. The summed E-state index contributed by atoms with van der Waals surface area (Å²) in [5.41, 5.74) is 7.33. The van der Waals surface area contributed by atoms with E-state index in [1.807, 2.05) is 24.3 Å². The number of hydrogen-bond donors (Lipinski definition) is 1. The van der Waals surface area contributed by atoms with Crippen LogP contribution in [0.2, 0.25) is 0 Å². The molecule has 1 heterocycles. The van der Waals surface area contributed by atoms with Gasteiger partial charge in [0.1, 0.15) is 0 Å². The molecule has 1 aliphatic rings.